The number of carbonyl (C=O) groups is 2. The van der Waals surface area contributed by atoms with Crippen molar-refractivity contribution >= 4 is 29.1 Å². The number of unbranched alkanes of at least 4 members (excludes halogenated alkanes) is 1. The van der Waals surface area contributed by atoms with Crippen LogP contribution in [0.5, 0.6) is 11.5 Å². The van der Waals surface area contributed by atoms with Gasteiger partial charge < -0.3 is 30.7 Å². The number of halogens is 1. The zero-order valence-corrected chi connectivity index (χ0v) is 23.3. The first-order valence-corrected chi connectivity index (χ1v) is 14.0. The van der Waals surface area contributed by atoms with E-state index in [9.17, 15) is 14.7 Å². The molecular weight excluding hydrogens is 504 g/mol. The molecule has 0 saturated carbocycles. The number of phenolic OH excluding ortho intramolecular Hbond substituents is 1. The van der Waals surface area contributed by atoms with Crippen molar-refractivity contribution in [2.75, 3.05) is 44.6 Å². The molecule has 0 saturated heterocycles. The van der Waals surface area contributed by atoms with Crippen molar-refractivity contribution in [1.29, 1.82) is 0 Å². The number of carbonyl (C=O) groups excluding carboxylic acids is 2. The van der Waals surface area contributed by atoms with Gasteiger partial charge in [-0.1, -0.05) is 49.6 Å². The van der Waals surface area contributed by atoms with Gasteiger partial charge in [0.15, 0.2) is 12.4 Å². The number of ether oxygens (including phenoxy) is 1. The number of phenols is 1. The Labute approximate surface area is 231 Å². The van der Waals surface area contributed by atoms with Crippen molar-refractivity contribution in [3.8, 4) is 11.5 Å². The average molecular weight is 545 g/mol. The molecule has 3 rings (SSSR count). The van der Waals surface area contributed by atoms with E-state index >= 15 is 0 Å². The Bertz CT molecular complexity index is 1060. The first kappa shape index (κ1) is 29.7. The van der Waals surface area contributed by atoms with Crippen molar-refractivity contribution in [3.63, 3.8) is 0 Å². The van der Waals surface area contributed by atoms with E-state index in [2.05, 4.69) is 35.9 Å². The van der Waals surface area contributed by atoms with Crippen molar-refractivity contribution < 1.29 is 19.4 Å². The molecule has 0 radical (unpaired) electrons. The SMILES string of the molecule is CCCC[C@@H](C)N(CCNCCc1ccc(O)c2c1OCC(=O)N2)C(=O)CCNCCc1cccc(Cl)c1. The highest BCUT2D eigenvalue weighted by molar-refractivity contribution is 6.30. The monoisotopic (exact) mass is 544 g/mol. The third-order valence-corrected chi connectivity index (χ3v) is 6.99. The largest absolute Gasteiger partial charge is 0.506 e. The van der Waals surface area contributed by atoms with E-state index < -0.39 is 0 Å². The third kappa shape index (κ3) is 9.19. The van der Waals surface area contributed by atoms with Gasteiger partial charge in [-0.15, -0.1) is 0 Å². The smallest absolute Gasteiger partial charge is 0.262 e. The summed E-state index contributed by atoms with van der Waals surface area (Å²) in [4.78, 5) is 26.7. The molecule has 38 heavy (non-hydrogen) atoms. The normalized spacial score (nSPS) is 13.4. The van der Waals surface area contributed by atoms with Crippen molar-refractivity contribution in [2.45, 2.75) is 58.4 Å². The zero-order valence-electron chi connectivity index (χ0n) is 22.5. The minimum atomic E-state index is -0.277. The van der Waals surface area contributed by atoms with E-state index in [-0.39, 0.29) is 30.2 Å². The Balaban J connectivity index is 1.43. The lowest BCUT2D eigenvalue weighted by molar-refractivity contribution is -0.133. The number of anilines is 1. The molecule has 0 aliphatic carbocycles. The molecule has 1 atom stereocenters. The lowest BCUT2D eigenvalue weighted by Crippen LogP contribution is -2.43. The highest BCUT2D eigenvalue weighted by Crippen LogP contribution is 2.39. The quantitative estimate of drug-likeness (QED) is 0.187. The molecule has 2 amide bonds. The van der Waals surface area contributed by atoms with Gasteiger partial charge in [-0.05, 0) is 68.6 Å². The fraction of sp³-hybridized carbons (Fsp3) is 0.517. The lowest BCUT2D eigenvalue weighted by Gasteiger charge is -2.30. The first-order chi connectivity index (χ1) is 18.4. The van der Waals surface area contributed by atoms with Crippen molar-refractivity contribution in [1.82, 2.24) is 15.5 Å². The maximum absolute atomic E-state index is 13.1. The van der Waals surface area contributed by atoms with E-state index in [4.69, 9.17) is 16.3 Å². The maximum atomic E-state index is 13.1. The molecule has 1 aliphatic rings. The number of amides is 2. The first-order valence-electron chi connectivity index (χ1n) is 13.6. The Hall–Kier alpha value is -2.81. The van der Waals surface area contributed by atoms with E-state index in [1.807, 2.05) is 29.2 Å². The van der Waals surface area contributed by atoms with Gasteiger partial charge in [-0.3, -0.25) is 9.59 Å². The van der Waals surface area contributed by atoms with Gasteiger partial charge in [-0.25, -0.2) is 0 Å². The molecule has 4 N–H and O–H groups in total. The zero-order chi connectivity index (χ0) is 27.3. The Morgan fingerprint density at radius 2 is 1.95 bits per heavy atom. The van der Waals surface area contributed by atoms with Gasteiger partial charge in [0.2, 0.25) is 5.91 Å². The number of hydrogen-bond donors (Lipinski definition) is 4. The van der Waals surface area contributed by atoms with Gasteiger partial charge in [-0.2, -0.15) is 0 Å². The molecule has 0 fully saturated rings. The molecule has 8 nitrogen and oxygen atoms in total. The van der Waals surface area contributed by atoms with Crippen LogP contribution >= 0.6 is 11.6 Å². The number of nitrogens with zero attached hydrogens (tertiary/aromatic N) is 1. The lowest BCUT2D eigenvalue weighted by atomic mass is 10.1. The highest BCUT2D eigenvalue weighted by Gasteiger charge is 2.22. The summed E-state index contributed by atoms with van der Waals surface area (Å²) in [6, 6.07) is 11.4. The van der Waals surface area contributed by atoms with Crippen LogP contribution in [0.1, 0.15) is 50.7 Å². The van der Waals surface area contributed by atoms with Gasteiger partial charge in [0.25, 0.3) is 5.91 Å². The molecule has 1 heterocycles. The summed E-state index contributed by atoms with van der Waals surface area (Å²) in [5.41, 5.74) is 2.43. The van der Waals surface area contributed by atoms with Crippen LogP contribution in [0.2, 0.25) is 5.02 Å². The van der Waals surface area contributed by atoms with Gasteiger partial charge in [0, 0.05) is 37.1 Å². The molecule has 0 spiro atoms. The standard InChI is InChI=1S/C29H41ClN4O4/c1-3-4-6-21(2)34(27(37)13-16-31-14-11-22-7-5-8-24(30)19-22)18-17-32-15-12-23-9-10-25(35)28-29(23)38-20-26(36)33-28/h5,7-10,19,21,31-32,35H,3-4,6,11-18,20H2,1-2H3,(H,33,36)/t21-/m1/s1. The number of fused-ring (bicyclic) bond motifs is 1. The number of benzene rings is 2. The predicted molar refractivity (Wildman–Crippen MR) is 152 cm³/mol. The van der Waals surface area contributed by atoms with E-state index in [1.54, 1.807) is 6.07 Å². The van der Waals surface area contributed by atoms with Crippen LogP contribution in [0.25, 0.3) is 0 Å². The van der Waals surface area contributed by atoms with E-state index in [0.717, 1.165) is 42.8 Å². The molecule has 2 aromatic carbocycles. The van der Waals surface area contributed by atoms with Crippen LogP contribution in [0, 0.1) is 0 Å². The summed E-state index contributed by atoms with van der Waals surface area (Å²) in [6.07, 6.45) is 5.21. The van der Waals surface area contributed by atoms with Gasteiger partial charge in [0.1, 0.15) is 11.4 Å². The predicted octanol–water partition coefficient (Wildman–Crippen LogP) is 4.14. The van der Waals surface area contributed by atoms with Crippen LogP contribution in [-0.4, -0.2) is 67.2 Å². The molecule has 9 heteroatoms. The number of hydrogen-bond acceptors (Lipinski definition) is 6. The number of rotatable bonds is 16. The fourth-order valence-electron chi connectivity index (χ4n) is 4.59. The molecule has 208 valence electrons. The molecule has 1 aliphatic heterocycles. The summed E-state index contributed by atoms with van der Waals surface area (Å²) in [5, 5.41) is 20.3. The number of aromatic hydroxyl groups is 1. The average Bonchev–Trinajstić information content (AvgIpc) is 2.90. The van der Waals surface area contributed by atoms with Crippen molar-refractivity contribution in [3.05, 3.63) is 52.5 Å². The Kier molecular flexibility index (Phi) is 12.2. The number of nitrogens with one attached hydrogen (secondary N) is 3. The Morgan fingerprint density at radius 1 is 1.16 bits per heavy atom. The van der Waals surface area contributed by atoms with Crippen LogP contribution in [-0.2, 0) is 22.4 Å². The summed E-state index contributed by atoms with van der Waals surface area (Å²) in [6.45, 7) is 7.70. The molecule has 2 aromatic rings. The molecule has 0 unspecified atom stereocenters. The topological polar surface area (TPSA) is 103 Å². The minimum Gasteiger partial charge on any atom is -0.506 e. The van der Waals surface area contributed by atoms with E-state index in [1.165, 1.54) is 5.56 Å². The van der Waals surface area contributed by atoms with Crippen LogP contribution in [0.3, 0.4) is 0 Å². The third-order valence-electron chi connectivity index (χ3n) is 6.75. The van der Waals surface area contributed by atoms with Crippen LogP contribution in [0.4, 0.5) is 5.69 Å². The second-order valence-corrected chi connectivity index (χ2v) is 10.2. The fourth-order valence-corrected chi connectivity index (χ4v) is 4.81. The summed E-state index contributed by atoms with van der Waals surface area (Å²) < 4.78 is 5.56. The second-order valence-electron chi connectivity index (χ2n) is 9.74. The van der Waals surface area contributed by atoms with Crippen molar-refractivity contribution in [2.24, 2.45) is 0 Å². The summed E-state index contributed by atoms with van der Waals surface area (Å²) >= 11 is 6.05. The van der Waals surface area contributed by atoms with E-state index in [0.29, 0.717) is 50.5 Å². The maximum Gasteiger partial charge on any atom is 0.262 e. The molecule has 0 bridgehead atoms. The summed E-state index contributed by atoms with van der Waals surface area (Å²) in [5.74, 6) is 0.418. The van der Waals surface area contributed by atoms with Crippen LogP contribution in [0.15, 0.2) is 36.4 Å². The van der Waals surface area contributed by atoms with Gasteiger partial charge in [0.05, 0.1) is 0 Å². The van der Waals surface area contributed by atoms with Gasteiger partial charge >= 0.3 is 0 Å². The Morgan fingerprint density at radius 3 is 2.74 bits per heavy atom. The van der Waals surface area contributed by atoms with Crippen LogP contribution < -0.4 is 20.7 Å². The molecule has 0 aromatic heterocycles. The minimum absolute atomic E-state index is 0.000988. The summed E-state index contributed by atoms with van der Waals surface area (Å²) in [7, 11) is 0. The molecular formula is C29H41ClN4O4. The highest BCUT2D eigenvalue weighted by atomic mass is 35.5. The second kappa shape index (κ2) is 15.6.